The first-order valence-corrected chi connectivity index (χ1v) is 28.7. The van der Waals surface area contributed by atoms with Crippen molar-refractivity contribution in [1.82, 2.24) is 52.1 Å². The summed E-state index contributed by atoms with van der Waals surface area (Å²) in [5.74, 6) is -4.55. The van der Waals surface area contributed by atoms with Crippen molar-refractivity contribution in [2.24, 2.45) is 10.8 Å². The molecule has 10 N–H and O–H groups in total. The molecule has 2 aromatic heterocycles. The van der Waals surface area contributed by atoms with Gasteiger partial charge in [0.1, 0.15) is 24.2 Å². The standard InChI is InChI=1S/C30H41N5O7.C24H32BrN5O5.C6H10O2/c1-17(22-12-11-21-10-9-20(16-24(21)33-22)13-14-30(4,5)29(40)41)31-26(37)23-8-7-15-35(34-23)28(39)18(2)32-27(38)25(36)19(3)42-6;1-13(18-10-8-16-7-9-17(25)12-20(16)28-18)26-22(32)19-6-5-11-30(29-19)24(34)14(2)27-23(33)21(31)15(3)35-4;1-4-6(2,3)5(7)8/h9-14,16-19,23,25,34,36H,7-8,15H2,1-6H3,(H,31,37)(H,32,38)(H,40,41);7-10,12-15,19,21,29,31H,5-6,11H2,1-4H3,(H,26,32)(H,27,33);4H,1H2,2-3H3,(H,7,8)/b14-13+;;/t17-,18+,19+,23+,25+;13-,14+,15+,19+,21+;/m11./s1. The van der Waals surface area contributed by atoms with Gasteiger partial charge in [-0.25, -0.2) is 10.9 Å². The Morgan fingerprint density at radius 2 is 1.04 bits per heavy atom. The summed E-state index contributed by atoms with van der Waals surface area (Å²) in [5.41, 5.74) is 7.86. The van der Waals surface area contributed by atoms with Gasteiger partial charge in [0.2, 0.25) is 11.8 Å². The number of methoxy groups -OCH3 is 2. The van der Waals surface area contributed by atoms with Crippen LogP contribution in [-0.4, -0.2) is 164 Å². The molecule has 0 bridgehead atoms. The number of halogens is 1. The molecule has 25 heteroatoms. The first-order chi connectivity index (χ1) is 39.8. The minimum Gasteiger partial charge on any atom is -0.481 e. The Labute approximate surface area is 504 Å². The Bertz CT molecular complexity index is 3070. The number of hydrazine groups is 2. The number of benzene rings is 2. The Balaban J connectivity index is 0.000000326. The molecular weight excluding hydrogens is 1160 g/mol. The number of fused-ring (bicyclic) bond motifs is 2. The fraction of sp³-hybridized carbons (Fsp3) is 0.500. The molecule has 464 valence electrons. The van der Waals surface area contributed by atoms with E-state index < -0.39 is 101 Å². The number of pyridine rings is 2. The summed E-state index contributed by atoms with van der Waals surface area (Å²) in [7, 11) is 2.76. The number of rotatable bonds is 21. The molecule has 4 heterocycles. The average molecular weight is 1250 g/mol. The highest BCUT2D eigenvalue weighted by Gasteiger charge is 2.35. The molecule has 6 amide bonds. The number of carboxylic acids is 2. The third-order valence-electron chi connectivity index (χ3n) is 14.5. The number of hydrogen-bond acceptors (Lipinski definition) is 16. The molecule has 4 aromatic rings. The summed E-state index contributed by atoms with van der Waals surface area (Å²) in [4.78, 5) is 107. The number of amides is 6. The lowest BCUT2D eigenvalue weighted by Crippen LogP contribution is -2.61. The lowest BCUT2D eigenvalue weighted by atomic mass is 9.92. The summed E-state index contributed by atoms with van der Waals surface area (Å²) in [6.07, 6.45) is 2.82. The number of aromatic nitrogens is 2. The van der Waals surface area contributed by atoms with Gasteiger partial charge in [0.25, 0.3) is 23.6 Å². The van der Waals surface area contributed by atoms with Crippen molar-refractivity contribution in [3.05, 3.63) is 101 Å². The van der Waals surface area contributed by atoms with Crippen LogP contribution in [0.4, 0.5) is 0 Å². The van der Waals surface area contributed by atoms with Crippen LogP contribution in [0.25, 0.3) is 27.9 Å². The number of aliphatic hydroxyl groups is 2. The smallest absolute Gasteiger partial charge is 0.312 e. The van der Waals surface area contributed by atoms with E-state index in [1.165, 1.54) is 44.2 Å². The molecule has 85 heavy (non-hydrogen) atoms. The van der Waals surface area contributed by atoms with Crippen LogP contribution < -0.4 is 32.1 Å². The third-order valence-corrected chi connectivity index (χ3v) is 15.0. The summed E-state index contributed by atoms with van der Waals surface area (Å²) in [6.45, 7) is 20.4. The zero-order valence-electron chi connectivity index (χ0n) is 50.3. The van der Waals surface area contributed by atoms with Crippen molar-refractivity contribution >= 4 is 91.2 Å². The third kappa shape index (κ3) is 20.2. The molecule has 0 aliphatic carbocycles. The van der Waals surface area contributed by atoms with Crippen LogP contribution in [0, 0.1) is 10.8 Å². The molecule has 2 aliphatic rings. The van der Waals surface area contributed by atoms with Gasteiger partial charge < -0.3 is 51.2 Å². The van der Waals surface area contributed by atoms with Gasteiger partial charge >= 0.3 is 11.9 Å². The second kappa shape index (κ2) is 31.8. The Morgan fingerprint density at radius 3 is 1.42 bits per heavy atom. The molecule has 0 saturated carbocycles. The van der Waals surface area contributed by atoms with Crippen molar-refractivity contribution in [2.75, 3.05) is 27.3 Å². The number of aliphatic carboxylic acids is 2. The molecule has 2 saturated heterocycles. The normalized spacial score (nSPS) is 18.3. The zero-order chi connectivity index (χ0) is 63.7. The van der Waals surface area contributed by atoms with Crippen molar-refractivity contribution in [3.8, 4) is 0 Å². The largest absolute Gasteiger partial charge is 0.481 e. The maximum absolute atomic E-state index is 13.1. The predicted octanol–water partition coefficient (Wildman–Crippen LogP) is 4.79. The Kier molecular flexibility index (Phi) is 26.2. The molecule has 0 spiro atoms. The number of carbonyl (C=O) groups is 8. The Morgan fingerprint density at radius 1 is 0.635 bits per heavy atom. The van der Waals surface area contributed by atoms with E-state index in [1.54, 1.807) is 53.7 Å². The monoisotopic (exact) mass is 1250 g/mol. The number of carboxylic acid groups (broad SMARTS) is 2. The van der Waals surface area contributed by atoms with Crippen LogP contribution in [0.2, 0.25) is 0 Å². The highest BCUT2D eigenvalue weighted by Crippen LogP contribution is 2.25. The van der Waals surface area contributed by atoms with Crippen LogP contribution >= 0.6 is 15.9 Å². The maximum atomic E-state index is 13.1. The molecule has 24 nitrogen and oxygen atoms in total. The predicted molar refractivity (Wildman–Crippen MR) is 322 cm³/mol. The highest BCUT2D eigenvalue weighted by molar-refractivity contribution is 9.10. The molecule has 6 rings (SSSR count). The second-order valence-electron chi connectivity index (χ2n) is 22.2. The quantitative estimate of drug-likeness (QED) is 0.0502. The minimum atomic E-state index is -1.42. The molecular formula is C60H83BrN10O14. The Hall–Kier alpha value is -7.26. The van der Waals surface area contributed by atoms with Crippen molar-refractivity contribution < 1.29 is 68.3 Å². The van der Waals surface area contributed by atoms with Gasteiger partial charge in [-0.1, -0.05) is 64.5 Å². The first-order valence-electron chi connectivity index (χ1n) is 27.9. The molecule has 10 atom stereocenters. The average Bonchev–Trinajstić information content (AvgIpc) is 3.54. The van der Waals surface area contributed by atoms with Crippen molar-refractivity contribution in [3.63, 3.8) is 0 Å². The number of hydrogen-bond donors (Lipinski definition) is 10. The van der Waals surface area contributed by atoms with E-state index in [0.717, 1.165) is 32.0 Å². The van der Waals surface area contributed by atoms with Gasteiger partial charge in [-0.2, -0.15) is 0 Å². The van der Waals surface area contributed by atoms with Crippen LogP contribution in [0.15, 0.2) is 83.9 Å². The fourth-order valence-corrected chi connectivity index (χ4v) is 8.57. The lowest BCUT2D eigenvalue weighted by Gasteiger charge is -2.35. The van der Waals surface area contributed by atoms with Gasteiger partial charge in [0, 0.05) is 42.6 Å². The number of aliphatic hydroxyl groups excluding tert-OH is 2. The molecule has 2 aliphatic heterocycles. The molecule has 0 unspecified atom stereocenters. The number of nitrogens with one attached hydrogen (secondary N) is 6. The number of ether oxygens (including phenoxy) is 2. The van der Waals surface area contributed by atoms with Crippen LogP contribution in [0.3, 0.4) is 0 Å². The fourth-order valence-electron chi connectivity index (χ4n) is 8.22. The highest BCUT2D eigenvalue weighted by atomic mass is 79.9. The van der Waals surface area contributed by atoms with E-state index >= 15 is 0 Å². The maximum Gasteiger partial charge on any atom is 0.312 e. The van der Waals surface area contributed by atoms with Crippen LogP contribution in [0.5, 0.6) is 0 Å². The van der Waals surface area contributed by atoms with Gasteiger partial charge in [-0.15, -0.1) is 6.58 Å². The number of nitrogens with zero attached hydrogens (tertiary/aromatic N) is 4. The first kappa shape index (κ1) is 70.2. The molecule has 2 fully saturated rings. The summed E-state index contributed by atoms with van der Waals surface area (Å²) in [5, 5.41) is 53.2. The molecule has 2 aromatic carbocycles. The van der Waals surface area contributed by atoms with Gasteiger partial charge in [-0.05, 0) is 131 Å². The lowest BCUT2D eigenvalue weighted by molar-refractivity contribution is -0.146. The van der Waals surface area contributed by atoms with E-state index in [4.69, 9.17) is 19.6 Å². The topological polar surface area (TPSA) is 340 Å². The summed E-state index contributed by atoms with van der Waals surface area (Å²) >= 11 is 3.45. The van der Waals surface area contributed by atoms with Crippen LogP contribution in [0.1, 0.15) is 124 Å². The second-order valence-corrected chi connectivity index (χ2v) is 23.1. The summed E-state index contributed by atoms with van der Waals surface area (Å²) < 4.78 is 10.8. The summed E-state index contributed by atoms with van der Waals surface area (Å²) in [6, 6.07) is 15.2. The van der Waals surface area contributed by atoms with E-state index in [9.17, 15) is 53.7 Å². The van der Waals surface area contributed by atoms with Gasteiger partial charge in [-0.3, -0.25) is 58.3 Å². The van der Waals surface area contributed by atoms with Gasteiger partial charge in [0.15, 0.2) is 12.2 Å². The zero-order valence-corrected chi connectivity index (χ0v) is 51.9. The van der Waals surface area contributed by atoms with Crippen LogP contribution in [-0.2, 0) is 47.8 Å². The van der Waals surface area contributed by atoms with Crippen molar-refractivity contribution in [2.45, 2.75) is 156 Å². The number of carbonyl (C=O) groups excluding carboxylic acids is 6. The van der Waals surface area contributed by atoms with E-state index in [1.807, 2.05) is 74.5 Å². The van der Waals surface area contributed by atoms with E-state index in [-0.39, 0.29) is 17.9 Å². The minimum absolute atomic E-state index is 0.243. The van der Waals surface area contributed by atoms with Gasteiger partial charge in [0.05, 0.1) is 57.5 Å². The SMILES string of the molecule is C=CC(C)(C)C(=O)O.CO[C@@H](C)[C@H](O)C(=O)N[C@@H](C)C(=O)N1CCC[C@@H](C(=O)N[C@H](C)c2ccc3ccc(/C=C/C(C)(C)C(=O)O)cc3n2)N1.CO[C@@H](C)[C@H](O)C(=O)N[C@@H](C)C(=O)N1CCC[C@@H](C(=O)N[C@H](C)c2ccc3ccc(Br)cc3n2)N1. The molecule has 0 radical (unpaired) electrons. The van der Waals surface area contributed by atoms with E-state index in [2.05, 4.69) is 59.6 Å². The van der Waals surface area contributed by atoms with E-state index in [0.29, 0.717) is 50.0 Å². The van der Waals surface area contributed by atoms with Crippen molar-refractivity contribution in [1.29, 1.82) is 0 Å².